The van der Waals surface area contributed by atoms with Crippen molar-refractivity contribution in [3.63, 3.8) is 0 Å². The average molecular weight is 491 g/mol. The lowest BCUT2D eigenvalue weighted by molar-refractivity contribution is -0.0449. The van der Waals surface area contributed by atoms with Crippen molar-refractivity contribution >= 4 is 31.6 Å². The molecule has 0 saturated heterocycles. The first-order valence-corrected chi connectivity index (χ1v) is 12.6. The molecule has 166 valence electrons. The molecule has 2 N–H and O–H groups in total. The Morgan fingerprint density at radius 1 is 1.24 bits per heavy atom. The fourth-order valence-corrected chi connectivity index (χ4v) is 5.93. The molecule has 6 nitrogen and oxygen atoms in total. The van der Waals surface area contributed by atoms with E-state index in [1.807, 2.05) is 34.6 Å². The SMILES string of the molecule is CCOC1(CNS(=O)(=O)c2ccc(NCC(C)OC(C)(C)C)cc2Br)CCCC1. The number of anilines is 1. The number of halogens is 1. The summed E-state index contributed by atoms with van der Waals surface area (Å²) in [6.45, 7) is 11.5. The molecule has 0 spiro atoms. The predicted octanol–water partition coefficient (Wildman–Crippen LogP) is 4.69. The van der Waals surface area contributed by atoms with E-state index in [1.54, 1.807) is 18.2 Å². The Morgan fingerprint density at radius 2 is 1.90 bits per heavy atom. The molecule has 1 saturated carbocycles. The summed E-state index contributed by atoms with van der Waals surface area (Å²) in [7, 11) is -3.64. The molecule has 1 fully saturated rings. The Labute approximate surface area is 184 Å². The van der Waals surface area contributed by atoms with Crippen molar-refractivity contribution in [2.45, 2.75) is 82.5 Å². The fraction of sp³-hybridized carbons (Fsp3) is 0.714. The molecule has 1 aliphatic rings. The van der Waals surface area contributed by atoms with Gasteiger partial charge < -0.3 is 14.8 Å². The highest BCUT2D eigenvalue weighted by Gasteiger charge is 2.36. The largest absolute Gasteiger partial charge is 0.382 e. The Kier molecular flexibility index (Phi) is 8.56. The van der Waals surface area contributed by atoms with Crippen molar-refractivity contribution in [3.8, 4) is 0 Å². The van der Waals surface area contributed by atoms with Crippen molar-refractivity contribution in [3.05, 3.63) is 22.7 Å². The van der Waals surface area contributed by atoms with Crippen LogP contribution in [0.2, 0.25) is 0 Å². The lowest BCUT2D eigenvalue weighted by Gasteiger charge is -2.29. The summed E-state index contributed by atoms with van der Waals surface area (Å²) >= 11 is 3.41. The number of rotatable bonds is 10. The maximum absolute atomic E-state index is 12.9. The zero-order chi connectivity index (χ0) is 21.7. The predicted molar refractivity (Wildman–Crippen MR) is 121 cm³/mol. The number of ether oxygens (including phenoxy) is 2. The maximum atomic E-state index is 12.9. The minimum Gasteiger partial charge on any atom is -0.382 e. The monoisotopic (exact) mass is 490 g/mol. The van der Waals surface area contributed by atoms with Gasteiger partial charge in [-0.25, -0.2) is 13.1 Å². The van der Waals surface area contributed by atoms with Crippen molar-refractivity contribution in [1.82, 2.24) is 4.72 Å². The van der Waals surface area contributed by atoms with E-state index in [4.69, 9.17) is 9.47 Å². The van der Waals surface area contributed by atoms with Gasteiger partial charge in [0.2, 0.25) is 10.0 Å². The van der Waals surface area contributed by atoms with Crippen LogP contribution in [0.5, 0.6) is 0 Å². The van der Waals surface area contributed by atoms with E-state index in [0.717, 1.165) is 31.4 Å². The normalized spacial score (nSPS) is 18.0. The molecule has 2 rings (SSSR count). The van der Waals surface area contributed by atoms with Crippen LogP contribution in [-0.4, -0.2) is 45.4 Å². The van der Waals surface area contributed by atoms with E-state index in [2.05, 4.69) is 26.0 Å². The van der Waals surface area contributed by atoms with Gasteiger partial charge in [0.15, 0.2) is 0 Å². The molecule has 29 heavy (non-hydrogen) atoms. The van der Waals surface area contributed by atoms with Gasteiger partial charge in [-0.2, -0.15) is 0 Å². The molecule has 1 aliphatic carbocycles. The van der Waals surface area contributed by atoms with Crippen LogP contribution in [0, 0.1) is 0 Å². The average Bonchev–Trinajstić information content (AvgIpc) is 3.06. The van der Waals surface area contributed by atoms with Crippen molar-refractivity contribution < 1.29 is 17.9 Å². The third kappa shape index (κ3) is 7.51. The molecule has 1 aromatic carbocycles. The van der Waals surface area contributed by atoms with E-state index in [9.17, 15) is 8.42 Å². The number of nitrogens with one attached hydrogen (secondary N) is 2. The van der Waals surface area contributed by atoms with E-state index in [1.165, 1.54) is 0 Å². The molecule has 1 atom stereocenters. The lowest BCUT2D eigenvalue weighted by atomic mass is 10.0. The first-order valence-electron chi connectivity index (χ1n) is 10.3. The van der Waals surface area contributed by atoms with Gasteiger partial charge in [-0.3, -0.25) is 0 Å². The maximum Gasteiger partial charge on any atom is 0.241 e. The summed E-state index contributed by atoms with van der Waals surface area (Å²) in [5, 5.41) is 3.30. The quantitative estimate of drug-likeness (QED) is 0.497. The van der Waals surface area contributed by atoms with Crippen LogP contribution in [0.25, 0.3) is 0 Å². The van der Waals surface area contributed by atoms with Crippen molar-refractivity contribution in [2.24, 2.45) is 0 Å². The van der Waals surface area contributed by atoms with Gasteiger partial charge in [0.1, 0.15) is 0 Å². The second kappa shape index (κ2) is 10.1. The molecule has 8 heteroatoms. The van der Waals surface area contributed by atoms with Gasteiger partial charge >= 0.3 is 0 Å². The summed E-state index contributed by atoms with van der Waals surface area (Å²) in [6.07, 6.45) is 3.96. The molecule has 0 bridgehead atoms. The number of sulfonamides is 1. The van der Waals surface area contributed by atoms with Gasteiger partial charge in [0.05, 0.1) is 22.2 Å². The van der Waals surface area contributed by atoms with Crippen LogP contribution in [0.15, 0.2) is 27.6 Å². The number of benzene rings is 1. The van der Waals surface area contributed by atoms with Gasteiger partial charge in [-0.1, -0.05) is 12.8 Å². The highest BCUT2D eigenvalue weighted by atomic mass is 79.9. The van der Waals surface area contributed by atoms with E-state index < -0.39 is 10.0 Å². The summed E-state index contributed by atoms with van der Waals surface area (Å²) in [4.78, 5) is 0.228. The van der Waals surface area contributed by atoms with E-state index in [0.29, 0.717) is 24.2 Å². The molecule has 0 aliphatic heterocycles. The van der Waals surface area contributed by atoms with Crippen LogP contribution >= 0.6 is 15.9 Å². The van der Waals surface area contributed by atoms with Crippen LogP contribution in [0.4, 0.5) is 5.69 Å². The first kappa shape index (κ1) is 24.6. The summed E-state index contributed by atoms with van der Waals surface area (Å²) in [6, 6.07) is 5.18. The molecular formula is C21H35BrN2O4S. The third-order valence-corrected chi connectivity index (χ3v) is 7.30. The minimum atomic E-state index is -3.64. The van der Waals surface area contributed by atoms with Gasteiger partial charge in [0, 0.05) is 29.9 Å². The molecule has 1 aromatic rings. The van der Waals surface area contributed by atoms with Crippen molar-refractivity contribution in [1.29, 1.82) is 0 Å². The van der Waals surface area contributed by atoms with Gasteiger partial charge in [0.25, 0.3) is 0 Å². The van der Waals surface area contributed by atoms with Crippen LogP contribution < -0.4 is 10.0 Å². The zero-order valence-electron chi connectivity index (χ0n) is 18.2. The Morgan fingerprint density at radius 3 is 2.45 bits per heavy atom. The topological polar surface area (TPSA) is 76.7 Å². The highest BCUT2D eigenvalue weighted by Crippen LogP contribution is 2.33. The summed E-state index contributed by atoms with van der Waals surface area (Å²) in [5.41, 5.74) is 0.254. The number of hydrogen-bond donors (Lipinski definition) is 2. The smallest absolute Gasteiger partial charge is 0.241 e. The molecular weight excluding hydrogens is 456 g/mol. The third-order valence-electron chi connectivity index (χ3n) is 4.92. The summed E-state index contributed by atoms with van der Waals surface area (Å²) in [5.74, 6) is 0. The Balaban J connectivity index is 2.01. The van der Waals surface area contributed by atoms with E-state index >= 15 is 0 Å². The highest BCUT2D eigenvalue weighted by molar-refractivity contribution is 9.10. The summed E-state index contributed by atoms with van der Waals surface area (Å²) < 4.78 is 40.8. The molecule has 0 amide bonds. The second-order valence-corrected chi connectivity index (χ2v) is 11.3. The van der Waals surface area contributed by atoms with Gasteiger partial charge in [-0.15, -0.1) is 0 Å². The van der Waals surface area contributed by atoms with Crippen LogP contribution in [0.1, 0.15) is 60.3 Å². The molecule has 0 heterocycles. The lowest BCUT2D eigenvalue weighted by Crippen LogP contribution is -2.43. The minimum absolute atomic E-state index is 0.0278. The second-order valence-electron chi connectivity index (χ2n) is 8.71. The zero-order valence-corrected chi connectivity index (χ0v) is 20.6. The van der Waals surface area contributed by atoms with Crippen LogP contribution in [-0.2, 0) is 19.5 Å². The first-order chi connectivity index (χ1) is 13.5. The molecule has 0 aromatic heterocycles. The molecule has 0 radical (unpaired) electrons. The van der Waals surface area contributed by atoms with E-state index in [-0.39, 0.29) is 22.2 Å². The number of hydrogen-bond acceptors (Lipinski definition) is 5. The van der Waals surface area contributed by atoms with Crippen molar-refractivity contribution in [2.75, 3.05) is 25.0 Å². The Hall–Kier alpha value is -0.670. The molecule has 1 unspecified atom stereocenters. The Bertz CT molecular complexity index is 771. The van der Waals surface area contributed by atoms with Crippen LogP contribution in [0.3, 0.4) is 0 Å². The van der Waals surface area contributed by atoms with Gasteiger partial charge in [-0.05, 0) is 81.6 Å². The standard InChI is InChI=1S/C21H35BrN2O4S/c1-6-27-21(11-7-8-12-21)15-24-29(25,26)19-10-9-17(13-18(19)22)23-14-16(2)28-20(3,4)5/h9-10,13,16,23-24H,6-8,11-12,14-15H2,1-5H3. The fourth-order valence-electron chi connectivity index (χ4n) is 3.74.